The number of allylic oxidation sites excluding steroid dienone is 2. The van der Waals surface area contributed by atoms with Gasteiger partial charge in [-0.3, -0.25) is 4.79 Å². The first-order valence-corrected chi connectivity index (χ1v) is 7.17. The van der Waals surface area contributed by atoms with Gasteiger partial charge in [-0.05, 0) is 29.7 Å². The van der Waals surface area contributed by atoms with Gasteiger partial charge in [0.05, 0.1) is 12.0 Å². The normalized spacial score (nSPS) is 13.2. The van der Waals surface area contributed by atoms with Crippen molar-refractivity contribution in [3.63, 3.8) is 0 Å². The Kier molecular flexibility index (Phi) is 5.20. The lowest BCUT2D eigenvalue weighted by Gasteiger charge is -2.15. The van der Waals surface area contributed by atoms with Crippen LogP contribution in [-0.2, 0) is 4.79 Å². The molecule has 2 aromatic rings. The molecule has 0 aliphatic rings. The van der Waals surface area contributed by atoms with Gasteiger partial charge in [0, 0.05) is 0 Å². The number of carbonyl (C=O) groups excluding carboxylic acids is 1. The van der Waals surface area contributed by atoms with Gasteiger partial charge in [-0.25, -0.2) is 0 Å². The molecular formula is C19H14F3NO. The number of nitriles is 1. The molecule has 0 aromatic heterocycles. The maximum atomic E-state index is 12.7. The van der Waals surface area contributed by atoms with Gasteiger partial charge in [0.15, 0.2) is 0 Å². The number of hydrogen-bond donors (Lipinski definition) is 0. The van der Waals surface area contributed by atoms with Crippen LogP contribution in [0.15, 0.2) is 60.7 Å². The number of hydrogen-bond acceptors (Lipinski definition) is 2. The molecule has 0 radical (unpaired) electrons. The second-order valence-corrected chi connectivity index (χ2v) is 5.30. The summed E-state index contributed by atoms with van der Waals surface area (Å²) in [6, 6.07) is 17.1. The Morgan fingerprint density at radius 3 is 2.17 bits per heavy atom. The molecule has 0 amide bonds. The lowest BCUT2D eigenvalue weighted by Crippen LogP contribution is -2.21. The summed E-state index contributed by atoms with van der Waals surface area (Å²) in [6.07, 6.45) is -4.46. The van der Waals surface area contributed by atoms with E-state index >= 15 is 0 Å². The van der Waals surface area contributed by atoms with Gasteiger partial charge in [-0.2, -0.15) is 18.4 Å². The Labute approximate surface area is 137 Å². The predicted octanol–water partition coefficient (Wildman–Crippen LogP) is 4.82. The van der Waals surface area contributed by atoms with E-state index in [2.05, 4.69) is 0 Å². The first-order chi connectivity index (χ1) is 11.3. The maximum absolute atomic E-state index is 12.7. The SMILES string of the molecule is Cc1ccc(/C(=C/C(=O)C(F)(F)F)C(C#N)c2ccccc2)cc1. The van der Waals surface area contributed by atoms with E-state index in [0.717, 1.165) is 5.56 Å². The van der Waals surface area contributed by atoms with E-state index in [0.29, 0.717) is 17.2 Å². The van der Waals surface area contributed by atoms with E-state index in [1.807, 2.05) is 13.0 Å². The summed E-state index contributed by atoms with van der Waals surface area (Å²) in [6.45, 7) is 1.84. The molecule has 0 fully saturated rings. The van der Waals surface area contributed by atoms with Crippen molar-refractivity contribution in [2.45, 2.75) is 19.0 Å². The molecule has 1 unspecified atom stereocenters. The lowest BCUT2D eigenvalue weighted by molar-refractivity contribution is -0.165. The lowest BCUT2D eigenvalue weighted by atomic mass is 9.86. The Morgan fingerprint density at radius 1 is 1.08 bits per heavy atom. The van der Waals surface area contributed by atoms with E-state index in [1.54, 1.807) is 54.6 Å². The summed E-state index contributed by atoms with van der Waals surface area (Å²) in [5.74, 6) is -2.95. The quantitative estimate of drug-likeness (QED) is 0.755. The number of benzene rings is 2. The van der Waals surface area contributed by atoms with E-state index in [4.69, 9.17) is 0 Å². The Bertz CT molecular complexity index is 784. The average molecular weight is 329 g/mol. The largest absolute Gasteiger partial charge is 0.454 e. The van der Waals surface area contributed by atoms with Crippen LogP contribution in [0, 0.1) is 18.3 Å². The van der Waals surface area contributed by atoms with Crippen LogP contribution in [0.2, 0.25) is 0 Å². The van der Waals surface area contributed by atoms with E-state index in [9.17, 15) is 23.2 Å². The highest BCUT2D eigenvalue weighted by molar-refractivity contribution is 6.01. The van der Waals surface area contributed by atoms with E-state index in [-0.39, 0.29) is 5.57 Å². The molecule has 0 aliphatic carbocycles. The van der Waals surface area contributed by atoms with Gasteiger partial charge in [-0.15, -0.1) is 0 Å². The summed E-state index contributed by atoms with van der Waals surface area (Å²) < 4.78 is 38.0. The number of alkyl halides is 3. The van der Waals surface area contributed by atoms with Crippen LogP contribution in [0.4, 0.5) is 13.2 Å². The zero-order valence-electron chi connectivity index (χ0n) is 12.8. The van der Waals surface area contributed by atoms with Crippen LogP contribution in [0.25, 0.3) is 5.57 Å². The van der Waals surface area contributed by atoms with Crippen LogP contribution >= 0.6 is 0 Å². The predicted molar refractivity (Wildman–Crippen MR) is 85.0 cm³/mol. The number of ketones is 1. The first-order valence-electron chi connectivity index (χ1n) is 7.17. The fraction of sp³-hybridized carbons (Fsp3) is 0.158. The van der Waals surface area contributed by atoms with Crippen LogP contribution in [0.5, 0.6) is 0 Å². The van der Waals surface area contributed by atoms with E-state index < -0.39 is 17.9 Å². The molecule has 0 aliphatic heterocycles. The van der Waals surface area contributed by atoms with Crippen molar-refractivity contribution in [1.29, 1.82) is 5.26 Å². The van der Waals surface area contributed by atoms with Crippen LogP contribution in [-0.4, -0.2) is 12.0 Å². The van der Waals surface area contributed by atoms with Crippen molar-refractivity contribution in [2.75, 3.05) is 0 Å². The molecule has 1 atom stereocenters. The fourth-order valence-corrected chi connectivity index (χ4v) is 2.27. The van der Waals surface area contributed by atoms with Gasteiger partial charge in [0.25, 0.3) is 5.78 Å². The second-order valence-electron chi connectivity index (χ2n) is 5.30. The van der Waals surface area contributed by atoms with Gasteiger partial charge >= 0.3 is 6.18 Å². The van der Waals surface area contributed by atoms with Crippen molar-refractivity contribution in [1.82, 2.24) is 0 Å². The number of nitrogens with zero attached hydrogens (tertiary/aromatic N) is 1. The number of halogens is 3. The average Bonchev–Trinajstić information content (AvgIpc) is 2.55. The number of rotatable bonds is 4. The first kappa shape index (κ1) is 17.5. The highest BCUT2D eigenvalue weighted by Gasteiger charge is 2.37. The van der Waals surface area contributed by atoms with Gasteiger partial charge in [0.1, 0.15) is 0 Å². The molecule has 0 saturated carbocycles. The topological polar surface area (TPSA) is 40.9 Å². The smallest absolute Gasteiger partial charge is 0.285 e. The van der Waals surface area contributed by atoms with Crippen molar-refractivity contribution in [3.05, 3.63) is 77.4 Å². The number of aryl methyl sites for hydroxylation is 1. The second kappa shape index (κ2) is 7.14. The summed E-state index contributed by atoms with van der Waals surface area (Å²) >= 11 is 0. The third-order valence-electron chi connectivity index (χ3n) is 3.52. The zero-order valence-corrected chi connectivity index (χ0v) is 12.8. The van der Waals surface area contributed by atoms with Crippen LogP contribution < -0.4 is 0 Å². The van der Waals surface area contributed by atoms with E-state index in [1.165, 1.54) is 0 Å². The molecule has 24 heavy (non-hydrogen) atoms. The van der Waals surface area contributed by atoms with Gasteiger partial charge < -0.3 is 0 Å². The standard InChI is InChI=1S/C19H14F3NO/c1-13-7-9-15(10-8-13)16(11-18(24)19(20,21)22)17(12-23)14-5-3-2-4-6-14/h2-11,17H,1H3/b16-11-. The Hall–Kier alpha value is -2.87. The molecular weight excluding hydrogens is 315 g/mol. The maximum Gasteiger partial charge on any atom is 0.454 e. The number of carbonyl (C=O) groups is 1. The molecule has 2 aromatic carbocycles. The molecule has 2 nitrogen and oxygen atoms in total. The zero-order chi connectivity index (χ0) is 17.7. The molecule has 0 bridgehead atoms. The van der Waals surface area contributed by atoms with Gasteiger partial charge in [0.2, 0.25) is 0 Å². The third kappa shape index (κ3) is 4.11. The van der Waals surface area contributed by atoms with Gasteiger partial charge in [-0.1, -0.05) is 60.2 Å². The minimum Gasteiger partial charge on any atom is -0.285 e. The Balaban J connectivity index is 2.58. The third-order valence-corrected chi connectivity index (χ3v) is 3.52. The molecule has 122 valence electrons. The fourth-order valence-electron chi connectivity index (χ4n) is 2.27. The highest BCUT2D eigenvalue weighted by atomic mass is 19.4. The van der Waals surface area contributed by atoms with Crippen molar-refractivity contribution in [3.8, 4) is 6.07 Å². The molecule has 0 spiro atoms. The summed E-state index contributed by atoms with van der Waals surface area (Å²) in [4.78, 5) is 11.5. The monoisotopic (exact) mass is 329 g/mol. The summed E-state index contributed by atoms with van der Waals surface area (Å²) in [5.41, 5.74) is 1.90. The molecule has 0 heterocycles. The van der Waals surface area contributed by atoms with Crippen LogP contribution in [0.3, 0.4) is 0 Å². The Morgan fingerprint density at radius 2 is 1.67 bits per heavy atom. The highest BCUT2D eigenvalue weighted by Crippen LogP contribution is 2.33. The minimum atomic E-state index is -4.98. The summed E-state index contributed by atoms with van der Waals surface area (Å²) in [5, 5.41) is 9.50. The molecule has 5 heteroatoms. The van der Waals surface area contributed by atoms with Crippen LogP contribution in [0.1, 0.15) is 22.6 Å². The van der Waals surface area contributed by atoms with Crippen molar-refractivity contribution >= 4 is 11.4 Å². The van der Waals surface area contributed by atoms with Crippen molar-refractivity contribution in [2.24, 2.45) is 0 Å². The molecule has 0 saturated heterocycles. The summed E-state index contributed by atoms with van der Waals surface area (Å²) in [7, 11) is 0. The minimum absolute atomic E-state index is 0.0334. The van der Waals surface area contributed by atoms with Crippen molar-refractivity contribution < 1.29 is 18.0 Å². The molecule has 2 rings (SSSR count). The molecule has 0 N–H and O–H groups in total.